The molecule has 358 valence electrons. The van der Waals surface area contributed by atoms with Crippen LogP contribution in [0.5, 0.6) is 0 Å². The number of hydrogen-bond acceptors (Lipinski definition) is 2. The molecule has 0 spiro atoms. The molecule has 0 saturated carbocycles. The molecule has 0 amide bonds. The summed E-state index contributed by atoms with van der Waals surface area (Å²) in [6, 6.07) is 85.1. The molecular formula is C72H50N4. The van der Waals surface area contributed by atoms with Crippen molar-refractivity contribution in [1.82, 2.24) is 19.1 Å². The molecule has 0 aliphatic heterocycles. The maximum atomic E-state index is 5.77. The Morgan fingerprint density at radius 3 is 1.62 bits per heavy atom. The zero-order chi connectivity index (χ0) is 50.6. The molecule has 3 aromatic heterocycles. The lowest BCUT2D eigenvalue weighted by Crippen LogP contribution is -2.15. The first-order chi connectivity index (χ1) is 37.2. The van der Waals surface area contributed by atoms with E-state index in [2.05, 4.69) is 267 Å². The second-order valence-corrected chi connectivity index (χ2v) is 22.1. The van der Waals surface area contributed by atoms with Crippen LogP contribution in [0.3, 0.4) is 0 Å². The van der Waals surface area contributed by atoms with Crippen molar-refractivity contribution in [3.05, 3.63) is 253 Å². The van der Waals surface area contributed by atoms with Gasteiger partial charge in [-0.1, -0.05) is 198 Å². The smallest absolute Gasteiger partial charge is 0.0973 e. The standard InChI is InChI=1S/C72H50N4/c1-71(2)58-26-13-10-21-51(58)53-34-30-45(39-60(53)71)68-69(46-31-35-54-52-22-11-14-27-59(52)72(3,4)61(54)40-46)74-63-42-48(33-37-62(63)73-68)75-65-38-32-43-17-8-9-20-49(43)67(65)57-36-29-44(41-66(57)75)50-24-16-25-56-55-23-12-15-28-64(55)76(70(50)56)47-18-6-5-7-19-47/h5-42H,1-4H3. The molecule has 0 radical (unpaired) electrons. The Hall–Kier alpha value is -9.38. The molecule has 76 heavy (non-hydrogen) atoms. The average molecular weight is 971 g/mol. The first-order valence-corrected chi connectivity index (χ1v) is 26.6. The number of nitrogens with zero attached hydrogens (tertiary/aromatic N) is 4. The third-order valence-electron chi connectivity index (χ3n) is 17.3. The quantitative estimate of drug-likeness (QED) is 0.172. The van der Waals surface area contributed by atoms with E-state index in [1.54, 1.807) is 0 Å². The number of rotatable bonds is 5. The topological polar surface area (TPSA) is 35.6 Å². The molecule has 14 aromatic rings. The van der Waals surface area contributed by atoms with Gasteiger partial charge in [-0.15, -0.1) is 0 Å². The lowest BCUT2D eigenvalue weighted by atomic mass is 9.81. The molecule has 0 saturated heterocycles. The van der Waals surface area contributed by atoms with Gasteiger partial charge < -0.3 is 9.13 Å². The molecule has 2 aliphatic carbocycles. The fourth-order valence-corrected chi connectivity index (χ4v) is 13.6. The predicted molar refractivity (Wildman–Crippen MR) is 317 cm³/mol. The van der Waals surface area contributed by atoms with Gasteiger partial charge in [0.1, 0.15) is 0 Å². The second kappa shape index (κ2) is 15.6. The van der Waals surface area contributed by atoms with Gasteiger partial charge in [0.05, 0.1) is 44.5 Å². The summed E-state index contributed by atoms with van der Waals surface area (Å²) in [6.07, 6.45) is 0. The highest BCUT2D eigenvalue weighted by molar-refractivity contribution is 6.22. The first kappa shape index (κ1) is 43.1. The van der Waals surface area contributed by atoms with Crippen molar-refractivity contribution in [2.75, 3.05) is 0 Å². The first-order valence-electron chi connectivity index (χ1n) is 26.6. The number of para-hydroxylation sites is 3. The van der Waals surface area contributed by atoms with Crippen LogP contribution in [0.1, 0.15) is 49.9 Å². The SMILES string of the molecule is CC1(C)c2ccccc2-c2ccc(-c3nc4ccc(-n5c6cc(-c7cccc8c9ccccc9n(-c9ccccc9)c78)ccc6c6c7ccccc7ccc65)cc4nc3-c3ccc4c(c3)C(C)(C)c3ccccc3-4)cc21. The number of hydrogen-bond donors (Lipinski definition) is 0. The van der Waals surface area contributed by atoms with Crippen LogP contribution in [-0.2, 0) is 10.8 Å². The van der Waals surface area contributed by atoms with Gasteiger partial charge >= 0.3 is 0 Å². The zero-order valence-electron chi connectivity index (χ0n) is 42.7. The Bertz CT molecular complexity index is 4820. The normalized spacial score (nSPS) is 14.0. The zero-order valence-corrected chi connectivity index (χ0v) is 42.7. The molecule has 0 atom stereocenters. The van der Waals surface area contributed by atoms with Gasteiger partial charge in [-0.25, -0.2) is 9.97 Å². The number of aromatic nitrogens is 4. The second-order valence-electron chi connectivity index (χ2n) is 22.1. The highest BCUT2D eigenvalue weighted by Crippen LogP contribution is 2.52. The summed E-state index contributed by atoms with van der Waals surface area (Å²) in [5, 5.41) is 7.37. The molecule has 4 nitrogen and oxygen atoms in total. The Morgan fingerprint density at radius 2 is 0.895 bits per heavy atom. The molecule has 11 aromatic carbocycles. The van der Waals surface area contributed by atoms with E-state index in [0.717, 1.165) is 61.5 Å². The van der Waals surface area contributed by atoms with Crippen molar-refractivity contribution in [1.29, 1.82) is 0 Å². The van der Waals surface area contributed by atoms with Gasteiger partial charge in [-0.3, -0.25) is 0 Å². The Balaban J connectivity index is 0.932. The van der Waals surface area contributed by atoms with E-state index in [-0.39, 0.29) is 10.8 Å². The van der Waals surface area contributed by atoms with E-state index in [1.807, 2.05) is 0 Å². The Labute approximate surface area is 440 Å². The van der Waals surface area contributed by atoms with Crippen LogP contribution in [0, 0.1) is 0 Å². The summed E-state index contributed by atoms with van der Waals surface area (Å²) in [6.45, 7) is 9.40. The maximum Gasteiger partial charge on any atom is 0.0973 e. The molecule has 3 heterocycles. The summed E-state index contributed by atoms with van der Waals surface area (Å²) in [5.41, 5.74) is 25.0. The van der Waals surface area contributed by atoms with E-state index in [9.17, 15) is 0 Å². The van der Waals surface area contributed by atoms with Crippen LogP contribution in [0.4, 0.5) is 0 Å². The fourth-order valence-electron chi connectivity index (χ4n) is 13.6. The van der Waals surface area contributed by atoms with Gasteiger partial charge in [0, 0.05) is 60.4 Å². The monoisotopic (exact) mass is 970 g/mol. The molecule has 0 N–H and O–H groups in total. The van der Waals surface area contributed by atoms with E-state index in [1.165, 1.54) is 93.4 Å². The number of fused-ring (bicyclic) bond motifs is 15. The third kappa shape index (κ3) is 5.95. The molecule has 4 heteroatoms. The Morgan fingerprint density at radius 1 is 0.316 bits per heavy atom. The average Bonchev–Trinajstić information content (AvgIpc) is 4.17. The molecule has 0 fully saturated rings. The highest BCUT2D eigenvalue weighted by Gasteiger charge is 2.37. The van der Waals surface area contributed by atoms with Gasteiger partial charge in [-0.05, 0) is 122 Å². The van der Waals surface area contributed by atoms with Crippen LogP contribution >= 0.6 is 0 Å². The summed E-state index contributed by atoms with van der Waals surface area (Å²) in [7, 11) is 0. The van der Waals surface area contributed by atoms with Gasteiger partial charge in [-0.2, -0.15) is 0 Å². The van der Waals surface area contributed by atoms with Gasteiger partial charge in [0.15, 0.2) is 0 Å². The number of benzene rings is 11. The van der Waals surface area contributed by atoms with E-state index in [0.29, 0.717) is 0 Å². The molecule has 0 unspecified atom stereocenters. The minimum atomic E-state index is -0.174. The molecule has 0 bridgehead atoms. The van der Waals surface area contributed by atoms with Crippen LogP contribution in [0.25, 0.3) is 133 Å². The Kier molecular flexibility index (Phi) is 8.83. The summed E-state index contributed by atoms with van der Waals surface area (Å²) >= 11 is 0. The highest BCUT2D eigenvalue weighted by atomic mass is 15.0. The lowest BCUT2D eigenvalue weighted by molar-refractivity contribution is 0.660. The van der Waals surface area contributed by atoms with Crippen molar-refractivity contribution < 1.29 is 0 Å². The molecule has 16 rings (SSSR count). The molecular weight excluding hydrogens is 921 g/mol. The summed E-state index contributed by atoms with van der Waals surface area (Å²) < 4.78 is 4.89. The van der Waals surface area contributed by atoms with E-state index >= 15 is 0 Å². The van der Waals surface area contributed by atoms with Crippen molar-refractivity contribution in [2.24, 2.45) is 0 Å². The third-order valence-corrected chi connectivity index (χ3v) is 17.3. The van der Waals surface area contributed by atoms with Gasteiger partial charge in [0.2, 0.25) is 0 Å². The summed E-state index contributed by atoms with van der Waals surface area (Å²) in [5.74, 6) is 0. The predicted octanol–water partition coefficient (Wildman–Crippen LogP) is 18.6. The van der Waals surface area contributed by atoms with Crippen molar-refractivity contribution in [3.63, 3.8) is 0 Å². The van der Waals surface area contributed by atoms with Gasteiger partial charge in [0.25, 0.3) is 0 Å². The fraction of sp³-hybridized carbons (Fsp3) is 0.0833. The lowest BCUT2D eigenvalue weighted by Gasteiger charge is -2.23. The van der Waals surface area contributed by atoms with Crippen molar-refractivity contribution in [2.45, 2.75) is 38.5 Å². The van der Waals surface area contributed by atoms with E-state index in [4.69, 9.17) is 9.97 Å². The van der Waals surface area contributed by atoms with Crippen LogP contribution in [0.15, 0.2) is 231 Å². The largest absolute Gasteiger partial charge is 0.309 e. The van der Waals surface area contributed by atoms with Crippen molar-refractivity contribution >= 4 is 65.4 Å². The van der Waals surface area contributed by atoms with Crippen LogP contribution in [-0.4, -0.2) is 19.1 Å². The molecule has 2 aliphatic rings. The minimum absolute atomic E-state index is 0.162. The van der Waals surface area contributed by atoms with Crippen molar-refractivity contribution in [3.8, 4) is 67.3 Å². The van der Waals surface area contributed by atoms with Crippen LogP contribution < -0.4 is 0 Å². The minimum Gasteiger partial charge on any atom is -0.309 e. The van der Waals surface area contributed by atoms with Crippen LogP contribution in [0.2, 0.25) is 0 Å². The van der Waals surface area contributed by atoms with E-state index < -0.39 is 0 Å². The maximum absolute atomic E-state index is 5.77. The summed E-state index contributed by atoms with van der Waals surface area (Å²) in [4.78, 5) is 11.4.